The summed E-state index contributed by atoms with van der Waals surface area (Å²) in [6, 6.07) is 20.4. The molecule has 3 rings (SSSR count). The molecule has 0 amide bonds. The first kappa shape index (κ1) is 13.8. The minimum Gasteiger partial charge on any atom is -0.0654 e. The van der Waals surface area contributed by atoms with Crippen molar-refractivity contribution in [1.29, 1.82) is 0 Å². The van der Waals surface area contributed by atoms with E-state index in [2.05, 4.69) is 80.8 Å². The van der Waals surface area contributed by atoms with Crippen molar-refractivity contribution in [3.63, 3.8) is 0 Å². The second-order valence-corrected chi connectivity index (χ2v) is 17.2. The van der Waals surface area contributed by atoms with Gasteiger partial charge in [0.05, 0.1) is 16.1 Å². The Hall–Kier alpha value is -1.13. The molecule has 0 fully saturated rings. The van der Waals surface area contributed by atoms with E-state index in [1.807, 2.05) is 0 Å². The fraction of sp³-hybridized carbons (Fsp3) is 0.333. The summed E-state index contributed by atoms with van der Waals surface area (Å²) in [6.07, 6.45) is 1.27. The van der Waals surface area contributed by atoms with Crippen LogP contribution in [-0.4, -0.2) is 16.1 Å². The molecule has 2 heteroatoms. The number of hydrogen-bond donors (Lipinski definition) is 0. The first-order chi connectivity index (χ1) is 9.44. The molecule has 2 aromatic rings. The zero-order valence-corrected chi connectivity index (χ0v) is 15.0. The summed E-state index contributed by atoms with van der Waals surface area (Å²) in [4.78, 5) is 0. The van der Waals surface area contributed by atoms with Crippen molar-refractivity contribution in [2.45, 2.75) is 37.8 Å². The highest BCUT2D eigenvalue weighted by Crippen LogP contribution is 2.39. The monoisotopic (exact) mass is 296 g/mol. The maximum Gasteiger partial charge on any atom is 0.0816 e. The van der Waals surface area contributed by atoms with Gasteiger partial charge >= 0.3 is 0 Å². The van der Waals surface area contributed by atoms with Gasteiger partial charge in [-0.3, -0.25) is 0 Å². The molecule has 20 heavy (non-hydrogen) atoms. The normalized spacial score (nSPS) is 19.8. The maximum atomic E-state index is 2.58. The average Bonchev–Trinajstić information content (AvgIpc) is 2.59. The molecule has 0 saturated heterocycles. The fourth-order valence-corrected chi connectivity index (χ4v) is 19.2. The minimum absolute atomic E-state index is 0.912. The molecule has 1 aliphatic rings. The van der Waals surface area contributed by atoms with Gasteiger partial charge in [0.15, 0.2) is 0 Å². The Morgan fingerprint density at radius 1 is 0.700 bits per heavy atom. The molecule has 0 bridgehead atoms. The van der Waals surface area contributed by atoms with E-state index in [0.29, 0.717) is 0 Å². The Labute approximate surface area is 124 Å². The summed E-state index contributed by atoms with van der Waals surface area (Å²) in [7, 11) is -2.69. The van der Waals surface area contributed by atoms with Gasteiger partial charge in [-0.25, -0.2) is 0 Å². The van der Waals surface area contributed by atoms with Crippen LogP contribution < -0.4 is 10.4 Å². The lowest BCUT2D eigenvalue weighted by molar-refractivity contribution is 1.01. The average molecular weight is 297 g/mol. The highest BCUT2D eigenvalue weighted by molar-refractivity contribution is 7.16. The van der Waals surface area contributed by atoms with Gasteiger partial charge in [0, 0.05) is 0 Å². The van der Waals surface area contributed by atoms with Gasteiger partial charge in [-0.2, -0.15) is 0 Å². The van der Waals surface area contributed by atoms with Crippen LogP contribution in [0.5, 0.6) is 0 Å². The van der Waals surface area contributed by atoms with Gasteiger partial charge < -0.3 is 0 Å². The van der Waals surface area contributed by atoms with Crippen LogP contribution in [0.15, 0.2) is 54.6 Å². The van der Waals surface area contributed by atoms with Crippen molar-refractivity contribution in [2.75, 3.05) is 0 Å². The van der Waals surface area contributed by atoms with Crippen LogP contribution >= 0.6 is 0 Å². The lowest BCUT2D eigenvalue weighted by Gasteiger charge is -2.33. The second kappa shape index (κ2) is 4.71. The van der Waals surface area contributed by atoms with E-state index < -0.39 is 16.1 Å². The highest BCUT2D eigenvalue weighted by atomic mass is 28.4. The number of hydrogen-bond acceptors (Lipinski definition) is 0. The smallest absolute Gasteiger partial charge is 0.0654 e. The summed E-state index contributed by atoms with van der Waals surface area (Å²) in [6.45, 7) is 10.3. The molecule has 1 heterocycles. The molecular formula is C18H24Si2. The third-order valence-corrected chi connectivity index (χ3v) is 17.5. The first-order valence-corrected chi connectivity index (χ1v) is 13.7. The number of rotatable bonds is 2. The quantitative estimate of drug-likeness (QED) is 0.742. The van der Waals surface area contributed by atoms with Gasteiger partial charge in [-0.05, 0) is 17.1 Å². The highest BCUT2D eigenvalue weighted by Gasteiger charge is 2.52. The first-order valence-electron chi connectivity index (χ1n) is 7.58. The van der Waals surface area contributed by atoms with E-state index >= 15 is 0 Å². The molecule has 0 nitrogen and oxygen atoms in total. The van der Waals surface area contributed by atoms with Gasteiger partial charge in [0.1, 0.15) is 0 Å². The van der Waals surface area contributed by atoms with Crippen LogP contribution in [0.2, 0.25) is 31.4 Å². The molecule has 0 radical (unpaired) electrons. The number of benzene rings is 2. The SMILES string of the molecule is C[Si]1(C)c2ccccc2[Si](C)(C)C1Cc1ccccc1. The third kappa shape index (κ3) is 2.02. The summed E-state index contributed by atoms with van der Waals surface area (Å²) >= 11 is 0. The van der Waals surface area contributed by atoms with Gasteiger partial charge in [0.25, 0.3) is 0 Å². The Balaban J connectivity index is 2.04. The predicted molar refractivity (Wildman–Crippen MR) is 94.6 cm³/mol. The Kier molecular flexibility index (Phi) is 3.26. The van der Waals surface area contributed by atoms with Crippen molar-refractivity contribution < 1.29 is 0 Å². The molecule has 0 spiro atoms. The van der Waals surface area contributed by atoms with Crippen LogP contribution in [0, 0.1) is 0 Å². The van der Waals surface area contributed by atoms with Crippen molar-refractivity contribution in [2.24, 2.45) is 0 Å². The molecule has 1 aliphatic heterocycles. The molecule has 0 saturated carbocycles. The van der Waals surface area contributed by atoms with Gasteiger partial charge in [-0.15, -0.1) is 0 Å². The van der Waals surface area contributed by atoms with Crippen LogP contribution in [0.4, 0.5) is 0 Å². The molecular weight excluding hydrogens is 272 g/mol. The van der Waals surface area contributed by atoms with E-state index in [1.165, 1.54) is 12.0 Å². The Bertz CT molecular complexity index is 579. The minimum atomic E-state index is -1.35. The lowest BCUT2D eigenvalue weighted by Crippen LogP contribution is -2.46. The van der Waals surface area contributed by atoms with E-state index in [9.17, 15) is 0 Å². The van der Waals surface area contributed by atoms with Gasteiger partial charge in [0.2, 0.25) is 0 Å². The summed E-state index contributed by atoms with van der Waals surface area (Å²) in [5.41, 5.74) is 1.52. The van der Waals surface area contributed by atoms with E-state index in [4.69, 9.17) is 0 Å². The van der Waals surface area contributed by atoms with E-state index in [0.717, 1.165) is 5.16 Å². The Morgan fingerprint density at radius 3 is 1.65 bits per heavy atom. The Morgan fingerprint density at radius 2 is 1.15 bits per heavy atom. The van der Waals surface area contributed by atoms with Crippen LogP contribution in [0.25, 0.3) is 0 Å². The zero-order chi connectivity index (χ0) is 14.4. The molecule has 0 atom stereocenters. The van der Waals surface area contributed by atoms with Gasteiger partial charge in [-0.1, -0.05) is 91.2 Å². The topological polar surface area (TPSA) is 0 Å². The van der Waals surface area contributed by atoms with E-state index in [1.54, 1.807) is 10.4 Å². The molecule has 104 valence electrons. The fourth-order valence-electron chi connectivity index (χ4n) is 4.24. The number of fused-ring (bicyclic) bond motifs is 1. The van der Waals surface area contributed by atoms with Crippen LogP contribution in [0.1, 0.15) is 5.56 Å². The van der Waals surface area contributed by atoms with Crippen molar-refractivity contribution in [3.05, 3.63) is 60.2 Å². The maximum absolute atomic E-state index is 2.58. The molecule has 0 aromatic heterocycles. The summed E-state index contributed by atoms with van der Waals surface area (Å²) in [5, 5.41) is 4.38. The molecule has 2 aromatic carbocycles. The van der Waals surface area contributed by atoms with Crippen molar-refractivity contribution in [1.82, 2.24) is 0 Å². The van der Waals surface area contributed by atoms with Crippen molar-refractivity contribution >= 4 is 26.5 Å². The largest absolute Gasteiger partial charge is 0.0816 e. The summed E-state index contributed by atoms with van der Waals surface area (Å²) in [5.74, 6) is 0. The second-order valence-electron chi connectivity index (χ2n) is 7.23. The standard InChI is InChI=1S/C18H24Si2/c1-19(2)16-12-8-9-13-17(16)20(3,4)18(19)14-15-10-6-5-7-11-15/h5-13,18H,14H2,1-4H3. The molecule has 0 aliphatic carbocycles. The van der Waals surface area contributed by atoms with Crippen LogP contribution in [-0.2, 0) is 6.42 Å². The van der Waals surface area contributed by atoms with E-state index in [-0.39, 0.29) is 0 Å². The lowest BCUT2D eigenvalue weighted by atomic mass is 10.2. The predicted octanol–water partition coefficient (Wildman–Crippen LogP) is 3.68. The third-order valence-electron chi connectivity index (χ3n) is 5.34. The zero-order valence-electron chi connectivity index (χ0n) is 13.0. The summed E-state index contributed by atoms with van der Waals surface area (Å²) < 4.78 is 0. The van der Waals surface area contributed by atoms with Crippen molar-refractivity contribution in [3.8, 4) is 0 Å². The van der Waals surface area contributed by atoms with Crippen LogP contribution in [0.3, 0.4) is 0 Å². The molecule has 0 unspecified atom stereocenters. The molecule has 0 N–H and O–H groups in total.